The summed E-state index contributed by atoms with van der Waals surface area (Å²) in [4.78, 5) is 24.8. The Kier molecular flexibility index (Phi) is 4.64. The molecule has 0 spiro atoms. The van der Waals surface area contributed by atoms with Gasteiger partial charge in [0.2, 0.25) is 0 Å². The van der Waals surface area contributed by atoms with Crippen LogP contribution in [-0.4, -0.2) is 17.9 Å². The van der Waals surface area contributed by atoms with E-state index in [0.29, 0.717) is 28.6 Å². The third-order valence-electron chi connectivity index (χ3n) is 9.65. The van der Waals surface area contributed by atoms with Gasteiger partial charge in [0, 0.05) is 18.3 Å². The lowest BCUT2D eigenvalue weighted by atomic mass is 9.45. The molecule has 0 unspecified atom stereocenters. The van der Waals surface area contributed by atoms with E-state index in [-0.39, 0.29) is 17.5 Å². The van der Waals surface area contributed by atoms with E-state index in [2.05, 4.69) is 13.8 Å². The van der Waals surface area contributed by atoms with Crippen molar-refractivity contribution in [2.45, 2.75) is 77.7 Å². The van der Waals surface area contributed by atoms with Gasteiger partial charge < -0.3 is 4.74 Å². The third-order valence-corrected chi connectivity index (χ3v) is 9.65. The Labute approximate surface area is 174 Å². The van der Waals surface area contributed by atoms with Gasteiger partial charge in [0.1, 0.15) is 11.9 Å². The molecule has 1 aromatic carbocycles. The number of hydrogen-bond acceptors (Lipinski definition) is 3. The number of carbonyl (C=O) groups is 2. The van der Waals surface area contributed by atoms with E-state index in [1.807, 2.05) is 30.3 Å². The molecule has 4 fully saturated rings. The number of Topliss-reactive ketones (excluding diaryl/α,β-unsaturated/α-hetero) is 1. The molecule has 156 valence electrons. The van der Waals surface area contributed by atoms with Gasteiger partial charge in [-0.25, -0.2) is 4.79 Å². The minimum Gasteiger partial charge on any atom is -0.458 e. The minimum absolute atomic E-state index is 0.0413. The zero-order valence-corrected chi connectivity index (χ0v) is 17.9. The molecule has 0 radical (unpaired) electrons. The summed E-state index contributed by atoms with van der Waals surface area (Å²) < 4.78 is 6.11. The number of rotatable bonds is 2. The normalized spacial score (nSPS) is 43.8. The topological polar surface area (TPSA) is 43.4 Å². The van der Waals surface area contributed by atoms with Crippen LogP contribution in [0, 0.1) is 34.5 Å². The van der Waals surface area contributed by atoms with Crippen LogP contribution in [0.5, 0.6) is 0 Å². The second kappa shape index (κ2) is 6.96. The average Bonchev–Trinajstić information content (AvgIpc) is 3.05. The largest absolute Gasteiger partial charge is 0.458 e. The summed E-state index contributed by atoms with van der Waals surface area (Å²) in [6.45, 7) is 4.88. The van der Waals surface area contributed by atoms with E-state index in [9.17, 15) is 9.59 Å². The quantitative estimate of drug-likeness (QED) is 0.593. The highest BCUT2D eigenvalue weighted by molar-refractivity contribution is 5.89. The van der Waals surface area contributed by atoms with Crippen LogP contribution >= 0.6 is 0 Å². The first kappa shape index (κ1) is 19.3. The second-order valence-electron chi connectivity index (χ2n) is 10.8. The Morgan fingerprint density at radius 3 is 2.48 bits per heavy atom. The number of ketones is 1. The molecule has 0 amide bonds. The fourth-order valence-electron chi connectivity index (χ4n) is 7.96. The monoisotopic (exact) mass is 394 g/mol. The molecule has 4 aliphatic carbocycles. The number of carbonyl (C=O) groups excluding carboxylic acids is 2. The van der Waals surface area contributed by atoms with Crippen LogP contribution in [0.1, 0.15) is 82.0 Å². The van der Waals surface area contributed by atoms with Crippen molar-refractivity contribution in [3.05, 3.63) is 35.9 Å². The number of ether oxygens (including phenoxy) is 1. The molecule has 0 aliphatic heterocycles. The van der Waals surface area contributed by atoms with E-state index < -0.39 is 0 Å². The van der Waals surface area contributed by atoms with Gasteiger partial charge in [0.25, 0.3) is 0 Å². The molecule has 3 heteroatoms. The van der Waals surface area contributed by atoms with Gasteiger partial charge in [-0.2, -0.15) is 0 Å². The Bertz CT molecular complexity index is 801. The van der Waals surface area contributed by atoms with Crippen LogP contribution in [0.4, 0.5) is 0 Å². The van der Waals surface area contributed by atoms with Crippen molar-refractivity contribution in [2.75, 3.05) is 0 Å². The van der Waals surface area contributed by atoms with E-state index in [4.69, 9.17) is 4.74 Å². The molecule has 3 nitrogen and oxygen atoms in total. The van der Waals surface area contributed by atoms with Crippen LogP contribution in [0.15, 0.2) is 30.3 Å². The van der Waals surface area contributed by atoms with Crippen molar-refractivity contribution in [1.29, 1.82) is 0 Å². The molecule has 0 bridgehead atoms. The van der Waals surface area contributed by atoms with E-state index in [0.717, 1.165) is 43.9 Å². The average molecular weight is 395 g/mol. The Hall–Kier alpha value is -1.64. The first-order chi connectivity index (χ1) is 13.9. The maximum Gasteiger partial charge on any atom is 0.338 e. The summed E-state index contributed by atoms with van der Waals surface area (Å²) in [5.41, 5.74) is 1.11. The van der Waals surface area contributed by atoms with Gasteiger partial charge in [-0.1, -0.05) is 32.0 Å². The fourth-order valence-corrected chi connectivity index (χ4v) is 7.96. The maximum absolute atomic E-state index is 12.7. The maximum atomic E-state index is 12.7. The number of hydrogen-bond donors (Lipinski definition) is 0. The van der Waals surface area contributed by atoms with Crippen molar-refractivity contribution in [2.24, 2.45) is 34.5 Å². The van der Waals surface area contributed by atoms with Crippen molar-refractivity contribution in [1.82, 2.24) is 0 Å². The predicted octanol–water partition coefficient (Wildman–Crippen LogP) is 5.82. The number of fused-ring (bicyclic) bond motifs is 5. The molecule has 7 atom stereocenters. The van der Waals surface area contributed by atoms with Gasteiger partial charge >= 0.3 is 5.97 Å². The second-order valence-corrected chi connectivity index (χ2v) is 10.8. The highest BCUT2D eigenvalue weighted by atomic mass is 16.5. The van der Waals surface area contributed by atoms with Gasteiger partial charge in [0.15, 0.2) is 0 Å². The van der Waals surface area contributed by atoms with E-state index >= 15 is 0 Å². The van der Waals surface area contributed by atoms with Crippen LogP contribution in [0.2, 0.25) is 0 Å². The molecular weight excluding hydrogens is 360 g/mol. The van der Waals surface area contributed by atoms with Gasteiger partial charge in [-0.05, 0) is 86.2 Å². The zero-order chi connectivity index (χ0) is 20.2. The van der Waals surface area contributed by atoms with Crippen molar-refractivity contribution >= 4 is 11.8 Å². The molecular formula is C26H34O3. The molecule has 4 aliphatic rings. The van der Waals surface area contributed by atoms with Crippen LogP contribution in [0.25, 0.3) is 0 Å². The summed E-state index contributed by atoms with van der Waals surface area (Å²) in [6.07, 6.45) is 9.79. The van der Waals surface area contributed by atoms with Crippen molar-refractivity contribution < 1.29 is 14.3 Å². The fraction of sp³-hybridized carbons (Fsp3) is 0.692. The molecule has 29 heavy (non-hydrogen) atoms. The summed E-state index contributed by atoms with van der Waals surface area (Å²) in [5, 5.41) is 0. The van der Waals surface area contributed by atoms with Crippen molar-refractivity contribution in [3.8, 4) is 0 Å². The molecule has 1 aromatic rings. The molecule has 5 rings (SSSR count). The predicted molar refractivity (Wildman–Crippen MR) is 112 cm³/mol. The summed E-state index contributed by atoms with van der Waals surface area (Å²) in [7, 11) is 0. The van der Waals surface area contributed by atoms with Crippen LogP contribution in [-0.2, 0) is 9.53 Å². The summed E-state index contributed by atoms with van der Waals surface area (Å²) >= 11 is 0. The van der Waals surface area contributed by atoms with Crippen LogP contribution in [0.3, 0.4) is 0 Å². The summed E-state index contributed by atoms with van der Waals surface area (Å²) in [5.74, 6) is 3.06. The highest BCUT2D eigenvalue weighted by Crippen LogP contribution is 2.66. The molecule has 0 N–H and O–H groups in total. The lowest BCUT2D eigenvalue weighted by Crippen LogP contribution is -2.54. The smallest absolute Gasteiger partial charge is 0.338 e. The Morgan fingerprint density at radius 2 is 1.69 bits per heavy atom. The highest BCUT2D eigenvalue weighted by Gasteiger charge is 2.61. The van der Waals surface area contributed by atoms with Gasteiger partial charge in [0.05, 0.1) is 5.56 Å². The van der Waals surface area contributed by atoms with Gasteiger partial charge in [-0.15, -0.1) is 0 Å². The molecule has 0 saturated heterocycles. The zero-order valence-electron chi connectivity index (χ0n) is 17.9. The molecule has 0 heterocycles. The Morgan fingerprint density at radius 1 is 0.931 bits per heavy atom. The molecule has 4 saturated carbocycles. The number of esters is 1. The third kappa shape index (κ3) is 2.99. The first-order valence-electron chi connectivity index (χ1n) is 11.7. The van der Waals surface area contributed by atoms with Gasteiger partial charge in [-0.3, -0.25) is 4.79 Å². The van der Waals surface area contributed by atoms with Crippen LogP contribution < -0.4 is 0 Å². The number of benzene rings is 1. The minimum atomic E-state index is -0.166. The first-order valence-corrected chi connectivity index (χ1v) is 11.7. The standard InChI is InChI=1S/C26H34O3/c1-25-14-12-19(27)16-18(25)8-9-20-21-10-11-23(26(21,2)15-13-22(20)25)29-24(28)17-6-4-3-5-7-17/h3-7,18,20-23H,8-16H2,1-2H3/t18-,20+,21+,22-,23-,25-,26+/m0/s1. The SMILES string of the molecule is C[C@@]12CC[C@H]3[C@H](CC[C@H]4CC(=O)CC[C@@]43C)[C@H]1CC[C@@H]2OC(=O)c1ccccc1. The lowest BCUT2D eigenvalue weighted by molar-refractivity contribution is -0.142. The van der Waals surface area contributed by atoms with E-state index in [1.54, 1.807) is 0 Å². The summed E-state index contributed by atoms with van der Waals surface area (Å²) in [6, 6.07) is 9.42. The van der Waals surface area contributed by atoms with Crippen molar-refractivity contribution in [3.63, 3.8) is 0 Å². The van der Waals surface area contributed by atoms with E-state index in [1.165, 1.54) is 25.7 Å². The molecule has 0 aromatic heterocycles. The Balaban J connectivity index is 1.34. The lowest BCUT2D eigenvalue weighted by Gasteiger charge is -2.60.